The molecule has 0 radical (unpaired) electrons. The summed E-state index contributed by atoms with van der Waals surface area (Å²) in [4.78, 5) is 35.3. The van der Waals surface area contributed by atoms with Gasteiger partial charge in [0.2, 0.25) is 0 Å². The molecule has 3 heterocycles. The Morgan fingerprint density at radius 2 is 2.03 bits per heavy atom. The molecule has 0 aliphatic carbocycles. The molecular formula is C27H39N5O4S. The molecule has 1 atom stereocenters. The molecule has 1 aromatic heterocycles. The number of carbonyl (C=O) groups excluding carboxylic acids is 2. The number of nitrogens with one attached hydrogen (secondary N) is 2. The second-order valence-electron chi connectivity index (χ2n) is 10.7. The molecule has 1 aromatic carbocycles. The first-order chi connectivity index (χ1) is 17.6. The molecular weight excluding hydrogens is 490 g/mol. The van der Waals surface area contributed by atoms with Crippen LogP contribution in [0, 0.1) is 0 Å². The van der Waals surface area contributed by atoms with Gasteiger partial charge in [-0.3, -0.25) is 14.5 Å². The van der Waals surface area contributed by atoms with Crippen LogP contribution in [0.2, 0.25) is 0 Å². The number of amides is 2. The lowest BCUT2D eigenvalue weighted by Gasteiger charge is -2.42. The van der Waals surface area contributed by atoms with Gasteiger partial charge in [-0.2, -0.15) is 0 Å². The van der Waals surface area contributed by atoms with Gasteiger partial charge >= 0.3 is 0 Å². The SMILES string of the molecule is CCCNC(=O)c1cc(CN2CCOCC2(C)C)ccc1NC(=O)c1csc(N2CCC(C)(OC)C2)n1. The standard InChI is InChI=1S/C27H39N5O4S/c1-6-10-28-23(33)20-14-19(15-32-12-13-36-18-26(32,2)3)7-8-21(20)29-24(34)22-16-37-25(30-22)31-11-9-27(4,17-31)35-5/h7-8,14,16H,6,9-13,15,17-18H2,1-5H3,(H,28,33)(H,29,34). The number of rotatable bonds is 9. The van der Waals surface area contributed by atoms with Crippen LogP contribution in [0.15, 0.2) is 23.6 Å². The highest BCUT2D eigenvalue weighted by Gasteiger charge is 2.35. The van der Waals surface area contributed by atoms with Crippen LogP contribution in [-0.2, 0) is 16.0 Å². The summed E-state index contributed by atoms with van der Waals surface area (Å²) in [7, 11) is 1.73. The van der Waals surface area contributed by atoms with Crippen molar-refractivity contribution in [3.8, 4) is 0 Å². The van der Waals surface area contributed by atoms with Gasteiger partial charge in [0, 0.05) is 50.8 Å². The first kappa shape index (κ1) is 27.5. The van der Waals surface area contributed by atoms with E-state index < -0.39 is 0 Å². The van der Waals surface area contributed by atoms with Crippen molar-refractivity contribution in [2.75, 3.05) is 56.7 Å². The third-order valence-corrected chi connectivity index (χ3v) is 8.13. The Bertz CT molecular complexity index is 1120. The summed E-state index contributed by atoms with van der Waals surface area (Å²) >= 11 is 1.44. The molecule has 2 aliphatic rings. The predicted octanol–water partition coefficient (Wildman–Crippen LogP) is 3.76. The number of nitrogens with zero attached hydrogens (tertiary/aromatic N) is 3. The Labute approximate surface area is 223 Å². The van der Waals surface area contributed by atoms with Crippen molar-refractivity contribution in [3.05, 3.63) is 40.4 Å². The Balaban J connectivity index is 1.51. The van der Waals surface area contributed by atoms with Gasteiger partial charge in [0.05, 0.1) is 30.1 Å². The van der Waals surface area contributed by atoms with Crippen LogP contribution >= 0.6 is 11.3 Å². The van der Waals surface area contributed by atoms with E-state index in [2.05, 4.69) is 46.2 Å². The number of carbonyl (C=O) groups is 2. The topological polar surface area (TPSA) is 96.0 Å². The molecule has 0 spiro atoms. The molecule has 37 heavy (non-hydrogen) atoms. The van der Waals surface area contributed by atoms with Crippen LogP contribution in [0.4, 0.5) is 10.8 Å². The van der Waals surface area contributed by atoms with Gasteiger partial charge in [-0.05, 0) is 51.3 Å². The average Bonchev–Trinajstić information content (AvgIpc) is 3.52. The van der Waals surface area contributed by atoms with Crippen LogP contribution < -0.4 is 15.5 Å². The van der Waals surface area contributed by atoms with Crippen LogP contribution in [-0.4, -0.2) is 79.3 Å². The van der Waals surface area contributed by atoms with E-state index in [0.717, 1.165) is 43.2 Å². The molecule has 2 saturated heterocycles. The van der Waals surface area contributed by atoms with Crippen molar-refractivity contribution in [3.63, 3.8) is 0 Å². The molecule has 4 rings (SSSR count). The second-order valence-corrected chi connectivity index (χ2v) is 11.6. The van der Waals surface area contributed by atoms with E-state index in [1.807, 2.05) is 25.1 Å². The Hall–Kier alpha value is -2.53. The molecule has 202 valence electrons. The number of hydrogen-bond acceptors (Lipinski definition) is 8. The minimum Gasteiger partial charge on any atom is -0.378 e. The molecule has 1 unspecified atom stereocenters. The Morgan fingerprint density at radius 3 is 2.73 bits per heavy atom. The minimum atomic E-state index is -0.331. The monoisotopic (exact) mass is 529 g/mol. The number of aromatic nitrogens is 1. The van der Waals surface area contributed by atoms with Crippen molar-refractivity contribution in [2.45, 2.75) is 58.2 Å². The number of ether oxygens (including phenoxy) is 2. The summed E-state index contributed by atoms with van der Waals surface area (Å²) in [5.74, 6) is -0.530. The molecule has 0 bridgehead atoms. The molecule has 2 aliphatic heterocycles. The quantitative estimate of drug-likeness (QED) is 0.511. The van der Waals surface area contributed by atoms with E-state index in [1.165, 1.54) is 11.3 Å². The highest BCUT2D eigenvalue weighted by molar-refractivity contribution is 7.14. The van der Waals surface area contributed by atoms with Gasteiger partial charge in [0.15, 0.2) is 5.13 Å². The van der Waals surface area contributed by atoms with Crippen LogP contribution in [0.5, 0.6) is 0 Å². The second kappa shape index (κ2) is 11.5. The minimum absolute atomic E-state index is 0.0892. The summed E-state index contributed by atoms with van der Waals surface area (Å²) in [6, 6.07) is 5.67. The lowest BCUT2D eigenvalue weighted by molar-refractivity contribution is -0.0552. The fourth-order valence-electron chi connectivity index (χ4n) is 4.69. The maximum atomic E-state index is 13.1. The molecule has 10 heteroatoms. The van der Waals surface area contributed by atoms with E-state index in [0.29, 0.717) is 43.2 Å². The molecule has 0 saturated carbocycles. The van der Waals surface area contributed by atoms with Crippen molar-refractivity contribution < 1.29 is 19.1 Å². The summed E-state index contributed by atoms with van der Waals surface area (Å²) in [6.45, 7) is 13.5. The third kappa shape index (κ3) is 6.49. The third-order valence-electron chi connectivity index (χ3n) is 7.23. The highest BCUT2D eigenvalue weighted by Crippen LogP contribution is 2.31. The predicted molar refractivity (Wildman–Crippen MR) is 147 cm³/mol. The number of methoxy groups -OCH3 is 1. The zero-order valence-electron chi connectivity index (χ0n) is 22.6. The molecule has 2 aromatic rings. The summed E-state index contributed by atoms with van der Waals surface area (Å²) in [5.41, 5.74) is 2.00. The van der Waals surface area contributed by atoms with E-state index >= 15 is 0 Å². The first-order valence-electron chi connectivity index (χ1n) is 12.9. The van der Waals surface area contributed by atoms with Gasteiger partial charge < -0.3 is 25.0 Å². The fraction of sp³-hybridized carbons (Fsp3) is 0.593. The number of anilines is 2. The number of thiazole rings is 1. The van der Waals surface area contributed by atoms with Crippen molar-refractivity contribution in [1.82, 2.24) is 15.2 Å². The normalized spacial score (nSPS) is 21.7. The Morgan fingerprint density at radius 1 is 1.22 bits per heavy atom. The molecule has 9 nitrogen and oxygen atoms in total. The van der Waals surface area contributed by atoms with E-state index in [9.17, 15) is 9.59 Å². The highest BCUT2D eigenvalue weighted by atomic mass is 32.1. The maximum Gasteiger partial charge on any atom is 0.275 e. The van der Waals surface area contributed by atoms with Crippen LogP contribution in [0.25, 0.3) is 0 Å². The number of hydrogen-bond donors (Lipinski definition) is 2. The average molecular weight is 530 g/mol. The zero-order valence-corrected chi connectivity index (χ0v) is 23.4. The zero-order chi connectivity index (χ0) is 26.6. The van der Waals surface area contributed by atoms with Crippen LogP contribution in [0.1, 0.15) is 66.9 Å². The largest absolute Gasteiger partial charge is 0.378 e. The number of morpholine rings is 1. The van der Waals surface area contributed by atoms with Crippen molar-refractivity contribution in [2.24, 2.45) is 0 Å². The molecule has 2 fully saturated rings. The summed E-state index contributed by atoms with van der Waals surface area (Å²) in [6.07, 6.45) is 1.74. The lowest BCUT2D eigenvalue weighted by atomic mass is 10.00. The van der Waals surface area contributed by atoms with Gasteiger partial charge in [0.25, 0.3) is 11.8 Å². The van der Waals surface area contributed by atoms with Crippen molar-refractivity contribution >= 4 is 34.0 Å². The summed E-state index contributed by atoms with van der Waals surface area (Å²) in [5, 5.41) is 8.44. The molecule has 2 amide bonds. The van der Waals surface area contributed by atoms with E-state index in [-0.39, 0.29) is 23.0 Å². The fourth-order valence-corrected chi connectivity index (χ4v) is 5.52. The lowest BCUT2D eigenvalue weighted by Crippen LogP contribution is -2.52. The van der Waals surface area contributed by atoms with Crippen molar-refractivity contribution in [1.29, 1.82) is 0 Å². The van der Waals surface area contributed by atoms with Crippen LogP contribution in [0.3, 0.4) is 0 Å². The number of benzene rings is 1. The molecule has 2 N–H and O–H groups in total. The van der Waals surface area contributed by atoms with E-state index in [1.54, 1.807) is 12.5 Å². The van der Waals surface area contributed by atoms with Gasteiger partial charge in [-0.1, -0.05) is 13.0 Å². The summed E-state index contributed by atoms with van der Waals surface area (Å²) < 4.78 is 11.3. The smallest absolute Gasteiger partial charge is 0.275 e. The first-order valence-corrected chi connectivity index (χ1v) is 13.8. The van der Waals surface area contributed by atoms with Gasteiger partial charge in [-0.25, -0.2) is 4.98 Å². The van der Waals surface area contributed by atoms with E-state index in [4.69, 9.17) is 9.47 Å². The Kier molecular flexibility index (Phi) is 8.52. The maximum absolute atomic E-state index is 13.1. The van der Waals surface area contributed by atoms with Gasteiger partial charge in [0.1, 0.15) is 5.69 Å². The van der Waals surface area contributed by atoms with Gasteiger partial charge in [-0.15, -0.1) is 11.3 Å².